The van der Waals surface area contributed by atoms with E-state index in [1.807, 2.05) is 48.5 Å². The van der Waals surface area contributed by atoms with Gasteiger partial charge in [0, 0.05) is 29.0 Å². The molecule has 100 valence electrons. The minimum Gasteiger partial charge on any atom is -0.497 e. The molecule has 3 rings (SSSR count). The van der Waals surface area contributed by atoms with Crippen LogP contribution in [0.15, 0.2) is 54.7 Å². The van der Waals surface area contributed by atoms with Crippen molar-refractivity contribution in [2.24, 2.45) is 0 Å². The number of aromatic nitrogens is 1. The molecule has 0 aliphatic carbocycles. The Labute approximate surface area is 117 Å². The third-order valence-electron chi connectivity index (χ3n) is 3.12. The molecule has 3 N–H and O–H groups in total. The normalized spacial score (nSPS) is 10.4. The van der Waals surface area contributed by atoms with Crippen molar-refractivity contribution in [2.75, 3.05) is 18.2 Å². The van der Waals surface area contributed by atoms with Gasteiger partial charge in [0.2, 0.25) is 0 Å². The molecular formula is C16H15N3O. The van der Waals surface area contributed by atoms with E-state index in [-0.39, 0.29) is 0 Å². The van der Waals surface area contributed by atoms with E-state index in [1.165, 1.54) is 0 Å². The summed E-state index contributed by atoms with van der Waals surface area (Å²) in [6.45, 7) is 0. The van der Waals surface area contributed by atoms with E-state index in [2.05, 4.69) is 10.3 Å². The van der Waals surface area contributed by atoms with Crippen molar-refractivity contribution in [3.8, 4) is 5.75 Å². The average Bonchev–Trinajstić information content (AvgIpc) is 2.48. The highest BCUT2D eigenvalue weighted by atomic mass is 16.5. The molecule has 0 atom stereocenters. The number of nitrogen functional groups attached to an aromatic ring is 1. The van der Waals surface area contributed by atoms with Crippen molar-refractivity contribution in [3.05, 3.63) is 54.7 Å². The van der Waals surface area contributed by atoms with Gasteiger partial charge in [0.05, 0.1) is 7.11 Å². The molecule has 3 aromatic rings. The van der Waals surface area contributed by atoms with Gasteiger partial charge in [-0.2, -0.15) is 0 Å². The number of anilines is 3. The Kier molecular flexibility index (Phi) is 3.13. The van der Waals surface area contributed by atoms with Gasteiger partial charge in [-0.05, 0) is 35.7 Å². The summed E-state index contributed by atoms with van der Waals surface area (Å²) in [5.41, 5.74) is 7.50. The van der Waals surface area contributed by atoms with Crippen molar-refractivity contribution in [3.63, 3.8) is 0 Å². The average molecular weight is 265 g/mol. The van der Waals surface area contributed by atoms with Gasteiger partial charge < -0.3 is 15.8 Å². The maximum absolute atomic E-state index is 5.86. The van der Waals surface area contributed by atoms with Crippen molar-refractivity contribution < 1.29 is 4.74 Å². The van der Waals surface area contributed by atoms with Crippen molar-refractivity contribution >= 4 is 28.0 Å². The molecule has 0 spiro atoms. The van der Waals surface area contributed by atoms with Gasteiger partial charge in [-0.3, -0.25) is 0 Å². The molecule has 0 amide bonds. The lowest BCUT2D eigenvalue weighted by Gasteiger charge is -2.10. The fourth-order valence-electron chi connectivity index (χ4n) is 2.12. The Balaban J connectivity index is 2.03. The van der Waals surface area contributed by atoms with Crippen LogP contribution in [0.4, 0.5) is 17.2 Å². The third kappa shape index (κ3) is 2.36. The molecule has 20 heavy (non-hydrogen) atoms. The van der Waals surface area contributed by atoms with Crippen LogP contribution < -0.4 is 15.8 Å². The fraction of sp³-hybridized carbons (Fsp3) is 0.0625. The number of benzene rings is 2. The summed E-state index contributed by atoms with van der Waals surface area (Å²) >= 11 is 0. The highest BCUT2D eigenvalue weighted by molar-refractivity contribution is 5.95. The molecule has 0 fully saturated rings. The summed E-state index contributed by atoms with van der Waals surface area (Å²) in [5, 5.41) is 5.39. The van der Waals surface area contributed by atoms with E-state index < -0.39 is 0 Å². The summed E-state index contributed by atoms with van der Waals surface area (Å²) in [7, 11) is 1.65. The van der Waals surface area contributed by atoms with Crippen LogP contribution in [0, 0.1) is 0 Å². The Morgan fingerprint density at radius 2 is 2.00 bits per heavy atom. The highest BCUT2D eigenvalue weighted by Gasteiger charge is 2.04. The molecule has 4 nitrogen and oxygen atoms in total. The van der Waals surface area contributed by atoms with E-state index in [9.17, 15) is 0 Å². The lowest BCUT2D eigenvalue weighted by Crippen LogP contribution is -1.96. The summed E-state index contributed by atoms with van der Waals surface area (Å²) in [6, 6.07) is 15.5. The summed E-state index contributed by atoms with van der Waals surface area (Å²) in [6.07, 6.45) is 1.78. The summed E-state index contributed by atoms with van der Waals surface area (Å²) in [4.78, 5) is 4.39. The Morgan fingerprint density at radius 3 is 2.85 bits per heavy atom. The van der Waals surface area contributed by atoms with Gasteiger partial charge in [-0.1, -0.05) is 12.1 Å². The highest BCUT2D eigenvalue weighted by Crippen LogP contribution is 2.27. The Bertz CT molecular complexity index is 756. The smallest absolute Gasteiger partial charge is 0.138 e. The number of rotatable bonds is 3. The lowest BCUT2D eigenvalue weighted by atomic mass is 10.1. The number of ether oxygens (including phenoxy) is 1. The van der Waals surface area contributed by atoms with Crippen LogP contribution in [0.2, 0.25) is 0 Å². The van der Waals surface area contributed by atoms with Gasteiger partial charge >= 0.3 is 0 Å². The molecule has 0 aliphatic heterocycles. The summed E-state index contributed by atoms with van der Waals surface area (Å²) < 4.78 is 5.22. The molecule has 2 aromatic carbocycles. The standard InChI is InChI=1S/C16H15N3O/c1-20-14-4-2-3-13(10-14)19-16-15-9-12(17)6-5-11(15)7-8-18-16/h2-10H,17H2,1H3,(H,18,19). The molecule has 4 heteroatoms. The van der Waals surface area contributed by atoms with Crippen LogP contribution in [-0.2, 0) is 0 Å². The molecule has 0 saturated carbocycles. The fourth-order valence-corrected chi connectivity index (χ4v) is 2.12. The minimum absolute atomic E-state index is 0.721. The van der Waals surface area contributed by atoms with Crippen LogP contribution in [0.5, 0.6) is 5.75 Å². The summed E-state index contributed by atoms with van der Waals surface area (Å²) in [5.74, 6) is 1.58. The predicted molar refractivity (Wildman–Crippen MR) is 82.4 cm³/mol. The minimum atomic E-state index is 0.721. The van der Waals surface area contributed by atoms with Crippen molar-refractivity contribution in [1.29, 1.82) is 0 Å². The topological polar surface area (TPSA) is 60.2 Å². The van der Waals surface area contributed by atoms with E-state index in [0.717, 1.165) is 33.7 Å². The first-order valence-corrected chi connectivity index (χ1v) is 6.31. The van der Waals surface area contributed by atoms with Crippen molar-refractivity contribution in [2.45, 2.75) is 0 Å². The zero-order valence-corrected chi connectivity index (χ0v) is 11.1. The number of nitrogens with two attached hydrogens (primary N) is 1. The molecule has 0 unspecified atom stereocenters. The molecule has 0 bridgehead atoms. The molecular weight excluding hydrogens is 250 g/mol. The molecule has 0 radical (unpaired) electrons. The molecule has 1 aromatic heterocycles. The van der Waals surface area contributed by atoms with Gasteiger partial charge in [-0.15, -0.1) is 0 Å². The number of hydrogen-bond acceptors (Lipinski definition) is 4. The van der Waals surface area contributed by atoms with Crippen LogP contribution in [-0.4, -0.2) is 12.1 Å². The lowest BCUT2D eigenvalue weighted by molar-refractivity contribution is 0.415. The second-order valence-electron chi connectivity index (χ2n) is 4.50. The molecule has 0 aliphatic rings. The van der Waals surface area contributed by atoms with E-state index in [1.54, 1.807) is 13.3 Å². The van der Waals surface area contributed by atoms with E-state index in [4.69, 9.17) is 10.5 Å². The Morgan fingerprint density at radius 1 is 1.10 bits per heavy atom. The first kappa shape index (κ1) is 12.3. The maximum atomic E-state index is 5.86. The van der Waals surface area contributed by atoms with Crippen LogP contribution >= 0.6 is 0 Å². The number of fused-ring (bicyclic) bond motifs is 1. The maximum Gasteiger partial charge on any atom is 0.138 e. The second-order valence-corrected chi connectivity index (χ2v) is 4.50. The number of pyridine rings is 1. The SMILES string of the molecule is COc1cccc(Nc2nccc3ccc(N)cc23)c1. The van der Waals surface area contributed by atoms with Crippen LogP contribution in [0.1, 0.15) is 0 Å². The zero-order chi connectivity index (χ0) is 13.9. The number of hydrogen-bond donors (Lipinski definition) is 2. The van der Waals surface area contributed by atoms with Gasteiger partial charge in [0.25, 0.3) is 0 Å². The van der Waals surface area contributed by atoms with Crippen LogP contribution in [0.25, 0.3) is 10.8 Å². The molecule has 1 heterocycles. The predicted octanol–water partition coefficient (Wildman–Crippen LogP) is 3.57. The molecule has 0 saturated heterocycles. The van der Waals surface area contributed by atoms with Gasteiger partial charge in [0.15, 0.2) is 0 Å². The van der Waals surface area contributed by atoms with Gasteiger partial charge in [-0.25, -0.2) is 4.98 Å². The van der Waals surface area contributed by atoms with E-state index in [0.29, 0.717) is 0 Å². The number of nitrogens with one attached hydrogen (secondary N) is 1. The van der Waals surface area contributed by atoms with Gasteiger partial charge in [0.1, 0.15) is 11.6 Å². The number of nitrogens with zero attached hydrogens (tertiary/aromatic N) is 1. The quantitative estimate of drug-likeness (QED) is 0.711. The van der Waals surface area contributed by atoms with E-state index >= 15 is 0 Å². The number of methoxy groups -OCH3 is 1. The Hall–Kier alpha value is -2.75. The largest absolute Gasteiger partial charge is 0.497 e. The third-order valence-corrected chi connectivity index (χ3v) is 3.12. The monoisotopic (exact) mass is 265 g/mol. The van der Waals surface area contributed by atoms with Crippen molar-refractivity contribution in [1.82, 2.24) is 4.98 Å². The second kappa shape index (κ2) is 5.09. The van der Waals surface area contributed by atoms with Crippen LogP contribution in [0.3, 0.4) is 0 Å². The zero-order valence-electron chi connectivity index (χ0n) is 11.1. The first-order valence-electron chi connectivity index (χ1n) is 6.31. The first-order chi connectivity index (χ1) is 9.76.